The Balaban J connectivity index is 0.000000245. The summed E-state index contributed by atoms with van der Waals surface area (Å²) in [6.45, 7) is 2.43. The second-order valence-electron chi connectivity index (χ2n) is 18.8. The fourth-order valence-electron chi connectivity index (χ4n) is 7.39. The lowest BCUT2D eigenvalue weighted by Gasteiger charge is -2.08. The predicted octanol–water partition coefficient (Wildman–Crippen LogP) is 14.6. The number of benzene rings is 5. The van der Waals surface area contributed by atoms with E-state index in [4.69, 9.17) is 34.5 Å². The second kappa shape index (κ2) is 41.8. The quantitative estimate of drug-likeness (QED) is 0.0237. The number of aliphatic hydroxyl groups is 1. The molecule has 0 aliphatic rings. The number of hydrogen-bond donors (Lipinski definition) is 6. The third-order valence-electron chi connectivity index (χ3n) is 12.5. The molecular formula is C69H73BrF6N10O8. The molecular weight excluding hydrogens is 1290 g/mol. The standard InChI is InChI=1S/C15H15FN2O3.C14H15FN2O2.C13H12BrFN2O.C13H13FN2O.C8H11NO.C5H3F2N.CH4/c1-20-11-5-3-10(4-6-11)9-17-13-8-7-12(14(16)18-13)15(19)21-2;1-19-12-5-2-10(3-6-12)8-16-13-7-4-11(9-18)14(15)17-13;1-18-10-4-2-9(3-5-10)8-16-12-7-6-11(14)13(15)17-12;1-17-11-7-5-10(6-8-11)9-15-13-4-2-3-12(14)16-13;1-10-8-4-2-7(6-9)3-5-8;6-4-2-1-3-5(7)8-4;/h3-8H,9H2,1-2H3,(H,17,18);2-7,18H,8-9H2,1H3,(H,16,17);2-7H,8H2,1H3,(H,16,17);2-8H,9H2,1H3,(H,15,16);2-5H,6,9H2,1H3;1-3H;1H4. The number of aliphatic hydroxyl groups excluding tert-OH is 1. The number of rotatable bonds is 20. The van der Waals surface area contributed by atoms with E-state index in [1.54, 1.807) is 65.9 Å². The maximum atomic E-state index is 13.6. The highest BCUT2D eigenvalue weighted by molar-refractivity contribution is 9.10. The van der Waals surface area contributed by atoms with Gasteiger partial charge in [-0.3, -0.25) is 0 Å². The van der Waals surface area contributed by atoms with Gasteiger partial charge >= 0.3 is 5.97 Å². The fraction of sp³-hybridized carbons (Fsp3) is 0.188. The zero-order chi connectivity index (χ0) is 67.3. The van der Waals surface area contributed by atoms with Crippen molar-refractivity contribution in [1.29, 1.82) is 0 Å². The van der Waals surface area contributed by atoms with Gasteiger partial charge in [0.25, 0.3) is 0 Å². The Labute approximate surface area is 550 Å². The van der Waals surface area contributed by atoms with Gasteiger partial charge in [-0.25, -0.2) is 24.7 Å². The summed E-state index contributed by atoms with van der Waals surface area (Å²) in [5.74, 6) is 1.04. The van der Waals surface area contributed by atoms with Gasteiger partial charge < -0.3 is 60.5 Å². The highest BCUT2D eigenvalue weighted by Crippen LogP contribution is 2.20. The van der Waals surface area contributed by atoms with E-state index >= 15 is 0 Å². The van der Waals surface area contributed by atoms with Crippen molar-refractivity contribution in [2.24, 2.45) is 5.73 Å². The molecule has 0 radical (unpaired) electrons. The lowest BCUT2D eigenvalue weighted by Crippen LogP contribution is -2.08. The maximum Gasteiger partial charge on any atom is 0.342 e. The number of carbonyl (C=O) groups is 1. The van der Waals surface area contributed by atoms with Crippen LogP contribution >= 0.6 is 15.9 Å². The molecule has 0 atom stereocenters. The van der Waals surface area contributed by atoms with Gasteiger partial charge in [0.15, 0.2) is 0 Å². The first-order valence-corrected chi connectivity index (χ1v) is 28.8. The summed E-state index contributed by atoms with van der Waals surface area (Å²) < 4.78 is 107. The molecule has 0 fully saturated rings. The molecule has 18 nitrogen and oxygen atoms in total. The number of carbonyl (C=O) groups excluding carboxylic acids is 1. The van der Waals surface area contributed by atoms with Crippen molar-refractivity contribution in [3.05, 3.63) is 273 Å². The first-order chi connectivity index (χ1) is 45.0. The van der Waals surface area contributed by atoms with Crippen LogP contribution in [-0.2, 0) is 44.1 Å². The molecule has 0 saturated heterocycles. The van der Waals surface area contributed by atoms with Crippen LogP contribution < -0.4 is 50.7 Å². The van der Waals surface area contributed by atoms with Gasteiger partial charge in [0.1, 0.15) is 57.6 Å². The van der Waals surface area contributed by atoms with E-state index < -0.39 is 41.7 Å². The summed E-state index contributed by atoms with van der Waals surface area (Å²) in [5.41, 5.74) is 10.7. The lowest BCUT2D eigenvalue weighted by molar-refractivity contribution is 0.0594. The number of pyridine rings is 5. The summed E-state index contributed by atoms with van der Waals surface area (Å²) in [7, 11) is 9.31. The Morgan fingerprint density at radius 3 is 1.02 bits per heavy atom. The smallest absolute Gasteiger partial charge is 0.342 e. The van der Waals surface area contributed by atoms with E-state index in [0.717, 1.165) is 68.7 Å². The van der Waals surface area contributed by atoms with Gasteiger partial charge in [0.2, 0.25) is 35.7 Å². The van der Waals surface area contributed by atoms with Gasteiger partial charge in [-0.15, -0.1) is 0 Å². The van der Waals surface area contributed by atoms with Gasteiger partial charge in [0.05, 0.1) is 53.7 Å². The monoisotopic (exact) mass is 1360 g/mol. The molecule has 496 valence electrons. The van der Waals surface area contributed by atoms with Crippen LogP contribution in [0.1, 0.15) is 51.2 Å². The number of esters is 1. The van der Waals surface area contributed by atoms with Gasteiger partial charge in [0, 0.05) is 38.3 Å². The van der Waals surface area contributed by atoms with Crippen molar-refractivity contribution in [2.45, 2.75) is 46.8 Å². The minimum atomic E-state index is -0.860. The molecule has 94 heavy (non-hydrogen) atoms. The molecule has 7 N–H and O–H groups in total. The summed E-state index contributed by atoms with van der Waals surface area (Å²) in [5, 5.41) is 21.0. The maximum absolute atomic E-state index is 13.6. The van der Waals surface area contributed by atoms with Gasteiger partial charge in [-0.05, 0) is 165 Å². The molecule has 25 heteroatoms. The molecule has 0 unspecified atom stereocenters. The average Bonchev–Trinajstić information content (AvgIpc) is 1.31. The van der Waals surface area contributed by atoms with Crippen LogP contribution in [0.2, 0.25) is 0 Å². The fourth-order valence-corrected chi connectivity index (χ4v) is 7.61. The Morgan fingerprint density at radius 2 is 0.723 bits per heavy atom. The first-order valence-electron chi connectivity index (χ1n) is 28.0. The van der Waals surface area contributed by atoms with E-state index in [2.05, 4.69) is 66.9 Å². The lowest BCUT2D eigenvalue weighted by atomic mass is 10.2. The predicted molar refractivity (Wildman–Crippen MR) is 355 cm³/mol. The van der Waals surface area contributed by atoms with Gasteiger partial charge in [-0.2, -0.15) is 31.3 Å². The van der Waals surface area contributed by atoms with E-state index in [9.17, 15) is 31.1 Å². The van der Waals surface area contributed by atoms with E-state index in [-0.39, 0.29) is 25.2 Å². The van der Waals surface area contributed by atoms with Crippen LogP contribution in [0.15, 0.2) is 199 Å². The summed E-state index contributed by atoms with van der Waals surface area (Å²) in [6, 6.07) is 55.5. The van der Waals surface area contributed by atoms with Crippen molar-refractivity contribution in [1.82, 2.24) is 24.9 Å². The Morgan fingerprint density at radius 1 is 0.404 bits per heavy atom. The Kier molecular flexibility index (Phi) is 33.8. The number of hydrogen-bond acceptors (Lipinski definition) is 18. The van der Waals surface area contributed by atoms with Crippen LogP contribution in [0.4, 0.5) is 49.6 Å². The van der Waals surface area contributed by atoms with Crippen LogP contribution in [0.25, 0.3) is 0 Å². The van der Waals surface area contributed by atoms with Crippen LogP contribution in [-0.4, -0.2) is 78.7 Å². The number of aromatic nitrogens is 5. The van der Waals surface area contributed by atoms with Crippen molar-refractivity contribution in [2.75, 3.05) is 63.9 Å². The van der Waals surface area contributed by atoms with Gasteiger partial charge in [-0.1, -0.05) is 80.2 Å². The highest BCUT2D eigenvalue weighted by atomic mass is 79.9. The number of methoxy groups -OCH3 is 6. The second-order valence-corrected chi connectivity index (χ2v) is 19.6. The highest BCUT2D eigenvalue weighted by Gasteiger charge is 2.14. The van der Waals surface area contributed by atoms with E-state index in [0.29, 0.717) is 60.5 Å². The third kappa shape index (κ3) is 27.5. The Hall–Kier alpha value is -10.5. The molecule has 5 aromatic carbocycles. The molecule has 10 rings (SSSR count). The molecule has 10 aromatic rings. The number of nitrogens with two attached hydrogens (primary N) is 1. The van der Waals surface area contributed by atoms with E-state index in [1.807, 2.05) is 121 Å². The molecule has 0 bridgehead atoms. The topological polar surface area (TPSA) is 231 Å². The molecule has 0 aliphatic carbocycles. The molecule has 0 saturated carbocycles. The van der Waals surface area contributed by atoms with Crippen LogP contribution in [0.3, 0.4) is 0 Å². The molecule has 0 aliphatic heterocycles. The van der Waals surface area contributed by atoms with Crippen molar-refractivity contribution >= 4 is 45.2 Å². The summed E-state index contributed by atoms with van der Waals surface area (Å²) >= 11 is 3.06. The first kappa shape index (κ1) is 76.0. The number of nitrogens with zero attached hydrogens (tertiary/aromatic N) is 5. The molecule has 5 heterocycles. The minimum absolute atomic E-state index is 0. The molecule has 0 amide bonds. The van der Waals surface area contributed by atoms with Crippen molar-refractivity contribution < 1.29 is 64.7 Å². The third-order valence-corrected chi connectivity index (χ3v) is 13.1. The van der Waals surface area contributed by atoms with Crippen LogP contribution in [0, 0.1) is 35.7 Å². The molecule has 5 aromatic heterocycles. The molecule has 0 spiro atoms. The normalized spacial score (nSPS) is 9.86. The average molecular weight is 1360 g/mol. The van der Waals surface area contributed by atoms with E-state index in [1.165, 1.54) is 37.4 Å². The summed E-state index contributed by atoms with van der Waals surface area (Å²) in [6.07, 6.45) is 0. The van der Waals surface area contributed by atoms with Crippen molar-refractivity contribution in [3.63, 3.8) is 0 Å². The number of nitrogens with one attached hydrogen (secondary N) is 4. The zero-order valence-corrected chi connectivity index (χ0v) is 53.1. The summed E-state index contributed by atoms with van der Waals surface area (Å²) in [4.78, 5) is 29.0. The number of halogens is 7. The number of ether oxygens (including phenoxy) is 6. The zero-order valence-electron chi connectivity index (χ0n) is 51.5. The SMILES string of the molecule is C.COC(=O)c1ccc(NCc2ccc(OC)cc2)nc1F.COc1ccc(CN)cc1.COc1ccc(CNc2ccc(Br)c(F)n2)cc1.COc1ccc(CNc2ccc(CO)c(F)n2)cc1.COc1ccc(CNc2cccc(F)n2)cc1.Fc1cccc(F)n1. The largest absolute Gasteiger partial charge is 0.497 e. The minimum Gasteiger partial charge on any atom is -0.497 e. The number of anilines is 4. The Bertz CT molecular complexity index is 3780. The van der Waals surface area contributed by atoms with Crippen molar-refractivity contribution in [3.8, 4) is 28.7 Å². The van der Waals surface area contributed by atoms with Crippen LogP contribution in [0.5, 0.6) is 28.7 Å².